The third-order valence-corrected chi connectivity index (χ3v) is 3.43. The second-order valence-electron chi connectivity index (χ2n) is 4.13. The van der Waals surface area contributed by atoms with Crippen molar-refractivity contribution in [2.75, 3.05) is 0 Å². The second kappa shape index (κ2) is 7.14. The van der Waals surface area contributed by atoms with Gasteiger partial charge in [-0.1, -0.05) is 46.3 Å². The Balaban J connectivity index is 1.84. The van der Waals surface area contributed by atoms with E-state index in [1.807, 2.05) is 30.3 Å². The minimum Gasteiger partial charge on any atom is -0.297 e. The van der Waals surface area contributed by atoms with Crippen LogP contribution >= 0.6 is 15.9 Å². The molecule has 1 N–H and O–H groups in total. The summed E-state index contributed by atoms with van der Waals surface area (Å²) in [6.07, 6.45) is 0. The first kappa shape index (κ1) is 14.6. The molecule has 0 saturated heterocycles. The first-order valence-corrected chi connectivity index (χ1v) is 6.77. The fourth-order valence-corrected chi connectivity index (χ4v) is 2.14. The molecule has 0 bridgehead atoms. The summed E-state index contributed by atoms with van der Waals surface area (Å²) in [6.45, 7) is 0.927. The predicted octanol–water partition coefficient (Wildman–Crippen LogP) is 3.58. The molecule has 0 aliphatic rings. The molecule has 0 radical (unpaired) electrons. The monoisotopic (exact) mass is 336 g/mol. The zero-order valence-electron chi connectivity index (χ0n) is 10.6. The lowest BCUT2D eigenvalue weighted by molar-refractivity contribution is -0.384. The number of hydrogen-bond acceptors (Lipinski definition) is 4. The molecule has 0 atom stereocenters. The van der Waals surface area contributed by atoms with Gasteiger partial charge in [0.1, 0.15) is 0 Å². The largest absolute Gasteiger partial charge is 0.297 e. The summed E-state index contributed by atoms with van der Waals surface area (Å²) < 4.78 is 0.683. The number of nitro benzene ring substituents is 1. The molecule has 2 aromatic carbocycles. The summed E-state index contributed by atoms with van der Waals surface area (Å²) in [6, 6.07) is 14.4. The average Bonchev–Trinajstić information content (AvgIpc) is 2.46. The van der Waals surface area contributed by atoms with Crippen LogP contribution in [0.5, 0.6) is 0 Å². The lowest BCUT2D eigenvalue weighted by Crippen LogP contribution is -2.14. The number of halogens is 1. The van der Waals surface area contributed by atoms with Gasteiger partial charge in [-0.05, 0) is 17.2 Å². The Kier molecular flexibility index (Phi) is 5.23. The van der Waals surface area contributed by atoms with Gasteiger partial charge in [0, 0.05) is 23.2 Å². The molecule has 20 heavy (non-hydrogen) atoms. The third kappa shape index (κ3) is 4.12. The Labute approximate surface area is 124 Å². The van der Waals surface area contributed by atoms with Gasteiger partial charge >= 0.3 is 0 Å². The standard InChI is InChI=1S/C14H13BrN2O3/c15-14-8-13(17(18)19)7-6-12(14)9-16-20-10-11-4-2-1-3-5-11/h1-8,16H,9-10H2. The highest BCUT2D eigenvalue weighted by Crippen LogP contribution is 2.22. The normalized spacial score (nSPS) is 10.4. The Morgan fingerprint density at radius 2 is 1.95 bits per heavy atom. The molecule has 0 aliphatic carbocycles. The minimum absolute atomic E-state index is 0.0610. The number of non-ortho nitro benzene ring substituents is 1. The van der Waals surface area contributed by atoms with Crippen LogP contribution in [-0.2, 0) is 18.0 Å². The molecule has 0 fully saturated rings. The van der Waals surface area contributed by atoms with E-state index >= 15 is 0 Å². The molecule has 0 unspecified atom stereocenters. The fourth-order valence-electron chi connectivity index (χ4n) is 1.63. The van der Waals surface area contributed by atoms with Crippen molar-refractivity contribution in [1.29, 1.82) is 0 Å². The van der Waals surface area contributed by atoms with E-state index in [-0.39, 0.29) is 5.69 Å². The van der Waals surface area contributed by atoms with Gasteiger partial charge in [0.15, 0.2) is 0 Å². The van der Waals surface area contributed by atoms with Crippen LogP contribution in [0, 0.1) is 10.1 Å². The molecule has 0 amide bonds. The van der Waals surface area contributed by atoms with Gasteiger partial charge in [0.25, 0.3) is 5.69 Å². The van der Waals surface area contributed by atoms with Crippen LogP contribution in [-0.4, -0.2) is 4.92 Å². The van der Waals surface area contributed by atoms with E-state index in [9.17, 15) is 10.1 Å². The van der Waals surface area contributed by atoms with E-state index in [1.54, 1.807) is 6.07 Å². The highest BCUT2D eigenvalue weighted by Gasteiger charge is 2.08. The molecule has 2 aromatic rings. The highest BCUT2D eigenvalue weighted by molar-refractivity contribution is 9.10. The van der Waals surface area contributed by atoms with E-state index in [2.05, 4.69) is 21.4 Å². The predicted molar refractivity (Wildman–Crippen MR) is 78.9 cm³/mol. The van der Waals surface area contributed by atoms with Crippen molar-refractivity contribution in [3.05, 3.63) is 74.2 Å². The Hall–Kier alpha value is -1.76. The van der Waals surface area contributed by atoms with Gasteiger partial charge in [-0.15, -0.1) is 0 Å². The van der Waals surface area contributed by atoms with Crippen molar-refractivity contribution in [3.8, 4) is 0 Å². The Morgan fingerprint density at radius 3 is 2.60 bits per heavy atom. The van der Waals surface area contributed by atoms with Crippen LogP contribution < -0.4 is 5.48 Å². The summed E-state index contributed by atoms with van der Waals surface area (Å²) in [5.41, 5.74) is 4.87. The first-order valence-electron chi connectivity index (χ1n) is 5.98. The smallest absolute Gasteiger partial charge is 0.270 e. The molecule has 0 heterocycles. The van der Waals surface area contributed by atoms with E-state index in [1.165, 1.54) is 12.1 Å². The van der Waals surface area contributed by atoms with Gasteiger partial charge in [0.2, 0.25) is 0 Å². The minimum atomic E-state index is -0.423. The Morgan fingerprint density at radius 1 is 1.20 bits per heavy atom. The summed E-state index contributed by atoms with van der Waals surface area (Å²) in [5.74, 6) is 0. The maximum Gasteiger partial charge on any atom is 0.270 e. The highest BCUT2D eigenvalue weighted by atomic mass is 79.9. The maximum atomic E-state index is 10.6. The molecule has 0 saturated carbocycles. The van der Waals surface area contributed by atoms with E-state index in [0.717, 1.165) is 11.1 Å². The number of hydrogen-bond donors (Lipinski definition) is 1. The molecule has 0 aromatic heterocycles. The number of benzene rings is 2. The second-order valence-corrected chi connectivity index (χ2v) is 4.98. The summed E-state index contributed by atoms with van der Waals surface area (Å²) in [7, 11) is 0. The van der Waals surface area contributed by atoms with Crippen molar-refractivity contribution < 1.29 is 9.76 Å². The van der Waals surface area contributed by atoms with Gasteiger partial charge in [-0.3, -0.25) is 15.0 Å². The fraction of sp³-hybridized carbons (Fsp3) is 0.143. The van der Waals surface area contributed by atoms with Crippen LogP contribution in [0.25, 0.3) is 0 Å². The van der Waals surface area contributed by atoms with Gasteiger partial charge in [-0.2, -0.15) is 5.48 Å². The van der Waals surface area contributed by atoms with Crippen molar-refractivity contribution in [2.24, 2.45) is 0 Å². The van der Waals surface area contributed by atoms with Crippen molar-refractivity contribution in [2.45, 2.75) is 13.2 Å². The third-order valence-electron chi connectivity index (χ3n) is 2.69. The molecule has 0 spiro atoms. The van der Waals surface area contributed by atoms with Crippen molar-refractivity contribution in [3.63, 3.8) is 0 Å². The quantitative estimate of drug-likeness (QED) is 0.497. The molecule has 104 valence electrons. The van der Waals surface area contributed by atoms with E-state index < -0.39 is 4.92 Å². The van der Waals surface area contributed by atoms with Crippen molar-refractivity contribution in [1.82, 2.24) is 5.48 Å². The lowest BCUT2D eigenvalue weighted by atomic mass is 10.2. The average molecular weight is 337 g/mol. The van der Waals surface area contributed by atoms with E-state index in [0.29, 0.717) is 17.6 Å². The van der Waals surface area contributed by atoms with Crippen LogP contribution in [0.1, 0.15) is 11.1 Å². The number of rotatable bonds is 6. The zero-order valence-corrected chi connectivity index (χ0v) is 12.2. The number of hydroxylamine groups is 1. The van der Waals surface area contributed by atoms with Crippen molar-refractivity contribution >= 4 is 21.6 Å². The molecule has 0 aliphatic heterocycles. The molecule has 2 rings (SSSR count). The van der Waals surface area contributed by atoms with Crippen LogP contribution in [0.15, 0.2) is 53.0 Å². The van der Waals surface area contributed by atoms with Gasteiger partial charge in [0.05, 0.1) is 11.5 Å². The zero-order chi connectivity index (χ0) is 14.4. The topological polar surface area (TPSA) is 64.4 Å². The summed E-state index contributed by atoms with van der Waals surface area (Å²) >= 11 is 3.31. The number of nitrogens with zero attached hydrogens (tertiary/aromatic N) is 1. The maximum absolute atomic E-state index is 10.6. The summed E-state index contributed by atoms with van der Waals surface area (Å²) in [5, 5.41) is 10.6. The van der Waals surface area contributed by atoms with Gasteiger partial charge < -0.3 is 0 Å². The number of nitro groups is 1. The lowest BCUT2D eigenvalue weighted by Gasteiger charge is -2.07. The molecule has 5 nitrogen and oxygen atoms in total. The molecule has 6 heteroatoms. The molecular weight excluding hydrogens is 324 g/mol. The molecular formula is C14H13BrN2O3. The SMILES string of the molecule is O=[N+]([O-])c1ccc(CNOCc2ccccc2)c(Br)c1. The first-order chi connectivity index (χ1) is 9.66. The summed E-state index contributed by atoms with van der Waals surface area (Å²) in [4.78, 5) is 15.6. The number of nitrogens with one attached hydrogen (secondary N) is 1. The van der Waals surface area contributed by atoms with Crippen LogP contribution in [0.3, 0.4) is 0 Å². The van der Waals surface area contributed by atoms with Crippen LogP contribution in [0.2, 0.25) is 0 Å². The van der Waals surface area contributed by atoms with Crippen LogP contribution in [0.4, 0.5) is 5.69 Å². The Bertz CT molecular complexity index is 590. The van der Waals surface area contributed by atoms with E-state index in [4.69, 9.17) is 4.84 Å². The van der Waals surface area contributed by atoms with Gasteiger partial charge in [-0.25, -0.2) is 0 Å².